The van der Waals surface area contributed by atoms with Crippen molar-refractivity contribution in [3.8, 4) is 22.8 Å². The molecule has 0 bridgehead atoms. The van der Waals surface area contributed by atoms with Crippen LogP contribution in [0, 0.1) is 11.8 Å². The van der Waals surface area contributed by atoms with Gasteiger partial charge in [-0.3, -0.25) is 23.9 Å². The van der Waals surface area contributed by atoms with Gasteiger partial charge in [0, 0.05) is 54.9 Å². The average Bonchev–Trinajstić information content (AvgIpc) is 4.02. The maximum absolute atomic E-state index is 14.8. The molecule has 1 unspecified atom stereocenters. The van der Waals surface area contributed by atoms with E-state index < -0.39 is 51.2 Å². The van der Waals surface area contributed by atoms with Gasteiger partial charge in [0.25, 0.3) is 5.91 Å². The van der Waals surface area contributed by atoms with E-state index in [0.717, 1.165) is 62.3 Å². The number of ether oxygens (including phenoxy) is 2. The van der Waals surface area contributed by atoms with Crippen molar-refractivity contribution in [1.82, 2.24) is 24.8 Å². The first-order valence-electron chi connectivity index (χ1n) is 21.2. The molecule has 0 radical (unpaired) electrons. The monoisotopic (exact) mass is 815 g/mol. The molecule has 312 valence electrons. The lowest BCUT2D eigenvalue weighted by molar-refractivity contribution is -0.145. The Hall–Kier alpha value is -4.72. The van der Waals surface area contributed by atoms with E-state index in [2.05, 4.69) is 10.0 Å². The smallest absolute Gasteiger partial charge is 0.256 e. The molecule has 4 heterocycles. The van der Waals surface area contributed by atoms with E-state index >= 15 is 0 Å². The molecular formula is C44H57N5O8S. The highest BCUT2D eigenvalue weighted by Crippen LogP contribution is 2.36. The number of amides is 4. The second-order valence-corrected chi connectivity index (χ2v) is 18.6. The van der Waals surface area contributed by atoms with Gasteiger partial charge in [0.05, 0.1) is 30.1 Å². The Morgan fingerprint density at radius 3 is 2.33 bits per heavy atom. The Morgan fingerprint density at radius 2 is 1.60 bits per heavy atom. The SMILES string of the molecule is COc1ccc2c(O[C@@H]3C[C@H]4C(=O)NC(C(=O)NS(=O)(=O)C5CC5)[C@H](C)CCCCCCC[C@H](CC(=O)N5CCCCC5)C(=O)N4C3)cc(-c3ccccc3)nc2c1. The number of carbonyl (C=O) groups is 4. The van der Waals surface area contributed by atoms with Gasteiger partial charge < -0.3 is 24.6 Å². The molecule has 3 aromatic rings. The van der Waals surface area contributed by atoms with Crippen molar-refractivity contribution in [3.63, 3.8) is 0 Å². The first-order chi connectivity index (χ1) is 28.0. The molecule has 1 saturated carbocycles. The molecule has 2 aromatic carbocycles. The highest BCUT2D eigenvalue weighted by atomic mass is 32.2. The Kier molecular flexibility index (Phi) is 13.2. The summed E-state index contributed by atoms with van der Waals surface area (Å²) < 4.78 is 40.3. The Balaban J connectivity index is 1.21. The van der Waals surface area contributed by atoms with Gasteiger partial charge >= 0.3 is 0 Å². The summed E-state index contributed by atoms with van der Waals surface area (Å²) in [6, 6.07) is 15.0. The van der Waals surface area contributed by atoms with E-state index in [4.69, 9.17) is 14.5 Å². The third-order valence-electron chi connectivity index (χ3n) is 12.2. The zero-order chi connectivity index (χ0) is 40.8. The fourth-order valence-corrected chi connectivity index (χ4v) is 10.0. The van der Waals surface area contributed by atoms with Gasteiger partial charge in [0.1, 0.15) is 29.7 Å². The van der Waals surface area contributed by atoms with Crippen LogP contribution < -0.4 is 19.5 Å². The number of methoxy groups -OCH3 is 1. The molecule has 58 heavy (non-hydrogen) atoms. The molecule has 5 atom stereocenters. The topological polar surface area (TPSA) is 164 Å². The van der Waals surface area contributed by atoms with Crippen molar-refractivity contribution in [3.05, 3.63) is 54.6 Å². The van der Waals surface area contributed by atoms with Crippen LogP contribution in [0.25, 0.3) is 22.2 Å². The lowest BCUT2D eigenvalue weighted by Gasteiger charge is -2.32. The molecule has 1 aliphatic carbocycles. The summed E-state index contributed by atoms with van der Waals surface area (Å²) in [5.41, 5.74) is 2.21. The normalized spacial score (nSPS) is 25.2. The molecule has 4 amide bonds. The standard InChI is InChI=1S/C44H57N5O8S/c1-29-14-8-4-3-5-9-17-31(24-40(50)48-22-12-7-13-23-48)44(53)49-28-33(26-38(49)42(51)46-41(29)43(52)47-58(54,55)34-19-20-34)57-39-27-36(30-15-10-6-11-16-30)45-37-25-32(56-2)18-21-35(37)39/h6,10-11,15-16,18,21,25,27,29,31,33-34,38,41H,3-5,7-9,12-14,17,19-20,22-24,26,28H2,1-2H3,(H,46,51)(H,47,52)/t29-,31-,33-,38+,41?/m1/s1. The highest BCUT2D eigenvalue weighted by molar-refractivity contribution is 7.90. The van der Waals surface area contributed by atoms with Crippen LogP contribution in [-0.4, -0.2) is 97.0 Å². The van der Waals surface area contributed by atoms with E-state index in [1.54, 1.807) is 12.0 Å². The molecule has 7 rings (SSSR count). The van der Waals surface area contributed by atoms with Crippen molar-refractivity contribution < 1.29 is 37.1 Å². The van der Waals surface area contributed by atoms with Crippen LogP contribution in [0.2, 0.25) is 0 Å². The summed E-state index contributed by atoms with van der Waals surface area (Å²) in [5, 5.41) is 3.03. The molecule has 4 fully saturated rings. The van der Waals surface area contributed by atoms with Crippen LogP contribution in [0.5, 0.6) is 11.5 Å². The lowest BCUT2D eigenvalue weighted by Crippen LogP contribution is -2.56. The number of fused-ring (bicyclic) bond motifs is 2. The van der Waals surface area contributed by atoms with Crippen LogP contribution in [0.4, 0.5) is 0 Å². The quantitative estimate of drug-likeness (QED) is 0.274. The molecule has 2 N–H and O–H groups in total. The minimum absolute atomic E-state index is 0.0430. The van der Waals surface area contributed by atoms with Crippen molar-refractivity contribution >= 4 is 44.6 Å². The number of sulfonamides is 1. The number of piperidine rings is 1. The molecular weight excluding hydrogens is 759 g/mol. The summed E-state index contributed by atoms with van der Waals surface area (Å²) >= 11 is 0. The predicted octanol–water partition coefficient (Wildman–Crippen LogP) is 5.75. The van der Waals surface area contributed by atoms with Crippen molar-refractivity contribution in [2.45, 2.75) is 120 Å². The lowest BCUT2D eigenvalue weighted by atomic mass is 9.93. The van der Waals surface area contributed by atoms with E-state index in [0.29, 0.717) is 61.5 Å². The number of nitrogens with zero attached hydrogens (tertiary/aromatic N) is 3. The average molecular weight is 816 g/mol. The van der Waals surface area contributed by atoms with Crippen molar-refractivity contribution in [2.75, 3.05) is 26.7 Å². The minimum atomic E-state index is -3.87. The summed E-state index contributed by atoms with van der Waals surface area (Å²) in [6.45, 7) is 3.29. The van der Waals surface area contributed by atoms with E-state index in [1.807, 2.05) is 66.4 Å². The number of carbonyl (C=O) groups excluding carboxylic acids is 4. The summed E-state index contributed by atoms with van der Waals surface area (Å²) in [5.74, 6) is -1.49. The maximum Gasteiger partial charge on any atom is 0.256 e. The molecule has 3 saturated heterocycles. The second-order valence-electron chi connectivity index (χ2n) is 16.6. The fraction of sp³-hybridized carbons (Fsp3) is 0.568. The van der Waals surface area contributed by atoms with E-state index in [9.17, 15) is 27.6 Å². The molecule has 0 spiro atoms. The number of nitrogens with one attached hydrogen (secondary N) is 2. The van der Waals surface area contributed by atoms with Gasteiger partial charge in [-0.05, 0) is 63.0 Å². The van der Waals surface area contributed by atoms with Gasteiger partial charge in [-0.15, -0.1) is 0 Å². The van der Waals surface area contributed by atoms with Gasteiger partial charge in [-0.1, -0.05) is 69.4 Å². The number of likely N-dealkylation sites (tertiary alicyclic amines) is 1. The summed E-state index contributed by atoms with van der Waals surface area (Å²) in [6.07, 6.45) is 8.89. The highest BCUT2D eigenvalue weighted by Gasteiger charge is 2.45. The van der Waals surface area contributed by atoms with Crippen LogP contribution in [0.3, 0.4) is 0 Å². The summed E-state index contributed by atoms with van der Waals surface area (Å²) in [4.78, 5) is 65.1. The van der Waals surface area contributed by atoms with Crippen LogP contribution in [0.15, 0.2) is 54.6 Å². The maximum atomic E-state index is 14.8. The molecule has 13 nitrogen and oxygen atoms in total. The number of pyridine rings is 1. The first-order valence-corrected chi connectivity index (χ1v) is 22.7. The van der Waals surface area contributed by atoms with Gasteiger partial charge in [0.15, 0.2) is 0 Å². The van der Waals surface area contributed by atoms with E-state index in [1.165, 1.54) is 0 Å². The molecule has 1 aromatic heterocycles. The number of benzene rings is 2. The van der Waals surface area contributed by atoms with Crippen LogP contribution in [-0.2, 0) is 29.2 Å². The van der Waals surface area contributed by atoms with Crippen molar-refractivity contribution in [2.24, 2.45) is 11.8 Å². The van der Waals surface area contributed by atoms with E-state index in [-0.39, 0.29) is 37.1 Å². The van der Waals surface area contributed by atoms with Gasteiger partial charge in [0.2, 0.25) is 27.7 Å². The van der Waals surface area contributed by atoms with Crippen LogP contribution >= 0.6 is 0 Å². The first kappa shape index (κ1) is 41.4. The molecule has 14 heteroatoms. The molecule has 3 aliphatic heterocycles. The molecule has 4 aliphatic rings. The van der Waals surface area contributed by atoms with Gasteiger partial charge in [-0.25, -0.2) is 13.4 Å². The number of hydrogen-bond acceptors (Lipinski definition) is 9. The zero-order valence-corrected chi connectivity index (χ0v) is 34.5. The minimum Gasteiger partial charge on any atom is -0.497 e. The Labute approximate surface area is 341 Å². The zero-order valence-electron chi connectivity index (χ0n) is 33.7. The number of rotatable bonds is 9. The third kappa shape index (κ3) is 9.93. The summed E-state index contributed by atoms with van der Waals surface area (Å²) in [7, 11) is -2.28. The Bertz CT molecular complexity index is 2070. The third-order valence-corrected chi connectivity index (χ3v) is 14.1. The van der Waals surface area contributed by atoms with Gasteiger partial charge in [-0.2, -0.15) is 0 Å². The predicted molar refractivity (Wildman–Crippen MR) is 220 cm³/mol. The van der Waals surface area contributed by atoms with Crippen LogP contribution in [0.1, 0.15) is 96.8 Å². The Morgan fingerprint density at radius 1 is 0.897 bits per heavy atom. The number of hydrogen-bond donors (Lipinski definition) is 2. The second kappa shape index (κ2) is 18.5. The number of aromatic nitrogens is 1. The fourth-order valence-electron chi connectivity index (χ4n) is 8.68. The largest absolute Gasteiger partial charge is 0.497 e. The van der Waals surface area contributed by atoms with Crippen molar-refractivity contribution in [1.29, 1.82) is 0 Å².